The van der Waals surface area contributed by atoms with Crippen LogP contribution in [0.15, 0.2) is 60.7 Å². The number of alkyl carbamates (subject to hydrolysis) is 1. The third kappa shape index (κ3) is 11.9. The summed E-state index contributed by atoms with van der Waals surface area (Å²) >= 11 is 0. The van der Waals surface area contributed by atoms with Gasteiger partial charge in [0.25, 0.3) is 5.91 Å². The Morgan fingerprint density at radius 2 is 1.21 bits per heavy atom. The molecule has 6 N–H and O–H groups in total. The van der Waals surface area contributed by atoms with E-state index in [1.165, 1.54) is 0 Å². The van der Waals surface area contributed by atoms with E-state index in [-0.39, 0.29) is 25.2 Å². The van der Waals surface area contributed by atoms with Crippen molar-refractivity contribution >= 4 is 23.9 Å². The monoisotopic (exact) mass is 585 g/mol. The van der Waals surface area contributed by atoms with Crippen LogP contribution in [-0.2, 0) is 32.0 Å². The normalized spacial score (nSPS) is 15.0. The average molecular weight is 586 g/mol. The number of carbonyl (C=O) groups excluding carboxylic acids is 3. The van der Waals surface area contributed by atoms with E-state index in [2.05, 4.69) is 16.0 Å². The minimum absolute atomic E-state index is 0.0317. The Bertz CT molecular complexity index is 1170. The predicted octanol–water partition coefficient (Wildman–Crippen LogP) is 2.19. The number of rotatable bonds is 14. The molecule has 0 radical (unpaired) electrons. The van der Waals surface area contributed by atoms with Gasteiger partial charge in [0, 0.05) is 0 Å². The van der Waals surface area contributed by atoms with Crippen molar-refractivity contribution in [1.29, 1.82) is 0 Å². The summed E-state index contributed by atoms with van der Waals surface area (Å²) in [7, 11) is 0. The van der Waals surface area contributed by atoms with Crippen LogP contribution in [0.4, 0.5) is 4.79 Å². The lowest BCUT2D eigenvalue weighted by Crippen LogP contribution is -2.58. The van der Waals surface area contributed by atoms with Gasteiger partial charge in [0.1, 0.15) is 11.6 Å². The Hall–Kier alpha value is -3.96. The fourth-order valence-corrected chi connectivity index (χ4v) is 4.28. The fraction of sp³-hybridized carbons (Fsp3) is 0.484. The number of amides is 3. The van der Waals surface area contributed by atoms with Crippen LogP contribution in [0, 0.1) is 5.92 Å². The first-order chi connectivity index (χ1) is 19.7. The van der Waals surface area contributed by atoms with Crippen molar-refractivity contribution in [3.63, 3.8) is 0 Å². The van der Waals surface area contributed by atoms with Gasteiger partial charge in [0.2, 0.25) is 5.91 Å². The smallest absolute Gasteiger partial charge is 0.407 e. The largest absolute Gasteiger partial charge is 0.479 e. The third-order valence-corrected chi connectivity index (χ3v) is 6.25. The van der Waals surface area contributed by atoms with Gasteiger partial charge in [-0.05, 0) is 57.1 Å². The number of benzene rings is 2. The van der Waals surface area contributed by atoms with Crippen LogP contribution in [0.5, 0.6) is 0 Å². The number of nitrogens with one attached hydrogen (secondary N) is 3. The van der Waals surface area contributed by atoms with Gasteiger partial charge in [-0.25, -0.2) is 9.59 Å². The number of aliphatic hydroxyl groups excluding tert-OH is 2. The maximum absolute atomic E-state index is 13.4. The lowest BCUT2D eigenvalue weighted by atomic mass is 9.97. The Balaban J connectivity index is 2.24. The van der Waals surface area contributed by atoms with Crippen LogP contribution in [0.3, 0.4) is 0 Å². The van der Waals surface area contributed by atoms with Crippen molar-refractivity contribution in [2.75, 3.05) is 0 Å². The lowest BCUT2D eigenvalue weighted by Gasteiger charge is -2.29. The van der Waals surface area contributed by atoms with E-state index in [9.17, 15) is 34.5 Å². The molecule has 230 valence electrons. The maximum Gasteiger partial charge on any atom is 0.407 e. The molecule has 2 aromatic rings. The molecule has 2 rings (SSSR count). The molecule has 0 aliphatic carbocycles. The van der Waals surface area contributed by atoms with Crippen LogP contribution in [-0.4, -0.2) is 75.1 Å². The summed E-state index contributed by atoms with van der Waals surface area (Å²) in [6.45, 7) is 8.72. The predicted molar refractivity (Wildman–Crippen MR) is 156 cm³/mol. The highest BCUT2D eigenvalue weighted by molar-refractivity contribution is 5.90. The molecule has 5 unspecified atom stereocenters. The standard InChI is InChI=1S/C31H43N3O8/c1-19(2)16-24(27(37)32-23(26(36)29(39)40)18-21-14-10-7-11-15-21)33-28(38)25(35)22(17-20-12-8-6-9-13-20)34-30(41)42-31(3,4)5/h6-15,19,22-26,35-36H,16-18H2,1-5H3,(H,32,37)(H,33,38)(H,34,41)(H,39,40). The van der Waals surface area contributed by atoms with E-state index in [1.807, 2.05) is 19.9 Å². The number of aliphatic carboxylic acids is 1. The zero-order valence-electron chi connectivity index (χ0n) is 24.7. The minimum atomic E-state index is -1.90. The molecule has 0 heterocycles. The molecule has 2 aromatic carbocycles. The van der Waals surface area contributed by atoms with Crippen LogP contribution < -0.4 is 16.0 Å². The van der Waals surface area contributed by atoms with E-state index in [1.54, 1.807) is 75.4 Å². The summed E-state index contributed by atoms with van der Waals surface area (Å²) in [5, 5.41) is 38.5. The van der Waals surface area contributed by atoms with E-state index in [0.29, 0.717) is 5.56 Å². The van der Waals surface area contributed by atoms with Crippen LogP contribution in [0.1, 0.15) is 52.2 Å². The second-order valence-corrected chi connectivity index (χ2v) is 11.7. The molecule has 0 spiro atoms. The molecule has 42 heavy (non-hydrogen) atoms. The highest BCUT2D eigenvalue weighted by Crippen LogP contribution is 2.13. The summed E-state index contributed by atoms with van der Waals surface area (Å²) in [5.74, 6) is -3.21. The molecular weight excluding hydrogens is 542 g/mol. The molecular formula is C31H43N3O8. The van der Waals surface area contributed by atoms with Crippen LogP contribution in [0.25, 0.3) is 0 Å². The second-order valence-electron chi connectivity index (χ2n) is 11.7. The van der Waals surface area contributed by atoms with Crippen molar-refractivity contribution in [3.8, 4) is 0 Å². The molecule has 0 aliphatic heterocycles. The molecule has 5 atom stereocenters. The van der Waals surface area contributed by atoms with Crippen LogP contribution >= 0.6 is 0 Å². The molecule has 0 saturated carbocycles. The average Bonchev–Trinajstić information content (AvgIpc) is 2.90. The van der Waals surface area contributed by atoms with E-state index in [0.717, 1.165) is 5.56 Å². The molecule has 3 amide bonds. The number of carbonyl (C=O) groups is 4. The summed E-state index contributed by atoms with van der Waals surface area (Å²) in [4.78, 5) is 50.8. The molecule has 0 aliphatic rings. The minimum Gasteiger partial charge on any atom is -0.479 e. The first-order valence-corrected chi connectivity index (χ1v) is 13.9. The highest BCUT2D eigenvalue weighted by atomic mass is 16.6. The lowest BCUT2D eigenvalue weighted by molar-refractivity contribution is -0.149. The number of hydrogen-bond donors (Lipinski definition) is 6. The summed E-state index contributed by atoms with van der Waals surface area (Å²) < 4.78 is 5.31. The molecule has 11 nitrogen and oxygen atoms in total. The number of ether oxygens (including phenoxy) is 1. The Labute approximate surface area is 246 Å². The SMILES string of the molecule is CC(C)CC(NC(=O)C(O)C(Cc1ccccc1)NC(=O)OC(C)(C)C)C(=O)NC(Cc1ccccc1)C(O)C(=O)O. The van der Waals surface area contributed by atoms with Gasteiger partial charge in [0.05, 0.1) is 12.1 Å². The van der Waals surface area contributed by atoms with Crippen LogP contribution in [0.2, 0.25) is 0 Å². The third-order valence-electron chi connectivity index (χ3n) is 6.25. The van der Waals surface area contributed by atoms with Crippen molar-refractivity contribution in [2.45, 2.75) is 89.8 Å². The zero-order valence-corrected chi connectivity index (χ0v) is 24.7. The number of hydrogen-bond acceptors (Lipinski definition) is 7. The fourth-order valence-electron chi connectivity index (χ4n) is 4.28. The first kappa shape index (κ1) is 34.2. The first-order valence-electron chi connectivity index (χ1n) is 13.9. The van der Waals surface area contributed by atoms with Crippen molar-refractivity contribution in [1.82, 2.24) is 16.0 Å². The number of carboxylic acids is 1. The Morgan fingerprint density at radius 3 is 1.64 bits per heavy atom. The van der Waals surface area contributed by atoms with Gasteiger partial charge in [-0.3, -0.25) is 9.59 Å². The number of carboxylic acid groups (broad SMARTS) is 1. The highest BCUT2D eigenvalue weighted by Gasteiger charge is 2.34. The molecule has 0 aromatic heterocycles. The summed E-state index contributed by atoms with van der Waals surface area (Å²) in [6.07, 6.45) is -4.19. The van der Waals surface area contributed by atoms with Gasteiger partial charge >= 0.3 is 12.1 Å². The molecule has 11 heteroatoms. The van der Waals surface area contributed by atoms with E-state index >= 15 is 0 Å². The topological polar surface area (TPSA) is 174 Å². The van der Waals surface area contributed by atoms with E-state index in [4.69, 9.17) is 4.74 Å². The van der Waals surface area contributed by atoms with Crippen molar-refractivity contribution < 1.29 is 39.2 Å². The summed E-state index contributed by atoms with van der Waals surface area (Å²) in [6, 6.07) is 14.3. The number of aliphatic hydroxyl groups is 2. The van der Waals surface area contributed by atoms with E-state index < -0.39 is 59.8 Å². The van der Waals surface area contributed by atoms with Gasteiger partial charge < -0.3 is 36.0 Å². The zero-order chi connectivity index (χ0) is 31.4. The van der Waals surface area contributed by atoms with Gasteiger partial charge in [-0.1, -0.05) is 74.5 Å². The maximum atomic E-state index is 13.4. The van der Waals surface area contributed by atoms with Gasteiger partial charge in [0.15, 0.2) is 12.2 Å². The Morgan fingerprint density at radius 1 is 0.738 bits per heavy atom. The second kappa shape index (κ2) is 15.9. The van der Waals surface area contributed by atoms with Gasteiger partial charge in [-0.15, -0.1) is 0 Å². The quantitative estimate of drug-likeness (QED) is 0.196. The van der Waals surface area contributed by atoms with Crippen molar-refractivity contribution in [3.05, 3.63) is 71.8 Å². The summed E-state index contributed by atoms with van der Waals surface area (Å²) in [5.41, 5.74) is 0.625. The molecule has 0 bridgehead atoms. The molecule has 0 fully saturated rings. The van der Waals surface area contributed by atoms with Crippen molar-refractivity contribution in [2.24, 2.45) is 5.92 Å². The van der Waals surface area contributed by atoms with Gasteiger partial charge in [-0.2, -0.15) is 0 Å². The Kier molecular flexibility index (Phi) is 12.9. The molecule has 0 saturated heterocycles.